The van der Waals surface area contributed by atoms with Crippen LogP contribution < -0.4 is 0 Å². The molecule has 0 aliphatic heterocycles. The molecule has 0 unspecified atom stereocenters. The van der Waals surface area contributed by atoms with Gasteiger partial charge in [-0.15, -0.1) is 0 Å². The third-order valence-corrected chi connectivity index (χ3v) is 5.81. The smallest absolute Gasteiger partial charge is 0.262 e. The second-order valence-electron chi connectivity index (χ2n) is 7.54. The summed E-state index contributed by atoms with van der Waals surface area (Å²) in [5, 5.41) is 1.14. The second kappa shape index (κ2) is 8.79. The standard InChI is InChI=1S/C25H20BrClN2O2/c1-28(2)15-21(30)22-19-13-18(27)14-20(26)24(19)29(23(22)16-9-5-3-6-10-16)25(31)17-11-7-4-8-12-17/h3-14H,15H2,1-2H3. The number of likely N-dealkylation sites (N-methyl/N-ethyl adjacent to an activating group) is 1. The minimum absolute atomic E-state index is 0.0809. The monoisotopic (exact) mass is 494 g/mol. The predicted octanol–water partition coefficient (Wildman–Crippen LogP) is 6.16. The van der Waals surface area contributed by atoms with Crippen LogP contribution >= 0.6 is 27.5 Å². The van der Waals surface area contributed by atoms with E-state index in [1.165, 1.54) is 0 Å². The van der Waals surface area contributed by atoms with Crippen molar-refractivity contribution in [1.82, 2.24) is 9.47 Å². The number of aromatic nitrogens is 1. The lowest BCUT2D eigenvalue weighted by molar-refractivity contribution is 0.0960. The normalized spacial score (nSPS) is 11.3. The van der Waals surface area contributed by atoms with Gasteiger partial charge in [-0.3, -0.25) is 14.2 Å². The molecule has 4 nitrogen and oxygen atoms in total. The predicted molar refractivity (Wildman–Crippen MR) is 129 cm³/mol. The van der Waals surface area contributed by atoms with Gasteiger partial charge in [0.1, 0.15) is 0 Å². The van der Waals surface area contributed by atoms with Crippen molar-refractivity contribution in [2.75, 3.05) is 20.6 Å². The van der Waals surface area contributed by atoms with E-state index in [9.17, 15) is 9.59 Å². The molecule has 0 saturated heterocycles. The highest BCUT2D eigenvalue weighted by Crippen LogP contribution is 2.40. The van der Waals surface area contributed by atoms with Crippen molar-refractivity contribution < 1.29 is 9.59 Å². The molecule has 1 heterocycles. The Morgan fingerprint density at radius 2 is 1.58 bits per heavy atom. The van der Waals surface area contributed by atoms with Gasteiger partial charge >= 0.3 is 0 Å². The second-order valence-corrected chi connectivity index (χ2v) is 8.83. The van der Waals surface area contributed by atoms with Gasteiger partial charge in [0.15, 0.2) is 5.78 Å². The summed E-state index contributed by atoms with van der Waals surface area (Å²) in [6.45, 7) is 0.211. The van der Waals surface area contributed by atoms with Crippen molar-refractivity contribution in [2.45, 2.75) is 0 Å². The first-order valence-electron chi connectivity index (χ1n) is 9.75. The maximum atomic E-state index is 13.7. The first-order chi connectivity index (χ1) is 14.9. The van der Waals surface area contributed by atoms with Crippen LogP contribution in [0.25, 0.3) is 22.2 Å². The molecule has 1 aromatic heterocycles. The number of halogens is 2. The third-order valence-electron chi connectivity index (χ3n) is 4.99. The van der Waals surface area contributed by atoms with Crippen LogP contribution in [0.15, 0.2) is 77.3 Å². The van der Waals surface area contributed by atoms with Gasteiger partial charge in [0.2, 0.25) is 0 Å². The lowest BCUT2D eigenvalue weighted by Gasteiger charge is -2.13. The number of hydrogen-bond donors (Lipinski definition) is 0. The summed E-state index contributed by atoms with van der Waals surface area (Å²) < 4.78 is 2.28. The third kappa shape index (κ3) is 4.09. The molecule has 0 N–H and O–H groups in total. The van der Waals surface area contributed by atoms with Crippen LogP contribution in [0.5, 0.6) is 0 Å². The lowest BCUT2D eigenvalue weighted by atomic mass is 10.0. The number of carbonyl (C=O) groups is 2. The highest BCUT2D eigenvalue weighted by atomic mass is 79.9. The molecule has 0 aliphatic carbocycles. The number of ketones is 1. The van der Waals surface area contributed by atoms with Gasteiger partial charge in [-0.1, -0.05) is 60.1 Å². The van der Waals surface area contributed by atoms with E-state index in [2.05, 4.69) is 15.9 Å². The summed E-state index contributed by atoms with van der Waals surface area (Å²) in [5.41, 5.74) is 3.00. The SMILES string of the molecule is CN(C)CC(=O)c1c(-c2ccccc2)n(C(=O)c2ccccc2)c2c(Br)cc(Cl)cc12. The minimum Gasteiger partial charge on any atom is -0.302 e. The molecule has 0 radical (unpaired) electrons. The molecule has 0 bridgehead atoms. The van der Waals surface area contributed by atoms with Gasteiger partial charge in [-0.2, -0.15) is 0 Å². The van der Waals surface area contributed by atoms with E-state index in [1.807, 2.05) is 67.5 Å². The molecule has 0 atom stereocenters. The van der Waals surface area contributed by atoms with E-state index in [0.717, 1.165) is 5.56 Å². The molecular weight excluding hydrogens is 476 g/mol. The zero-order chi connectivity index (χ0) is 22.1. The van der Waals surface area contributed by atoms with E-state index in [0.29, 0.717) is 37.2 Å². The molecule has 156 valence electrons. The van der Waals surface area contributed by atoms with Crippen molar-refractivity contribution in [1.29, 1.82) is 0 Å². The summed E-state index contributed by atoms with van der Waals surface area (Å²) in [6, 6.07) is 22.1. The van der Waals surface area contributed by atoms with Gasteiger partial charge in [0.05, 0.1) is 23.3 Å². The molecule has 3 aromatic carbocycles. The Kier molecular flexibility index (Phi) is 6.10. The molecule has 0 fully saturated rings. The van der Waals surface area contributed by atoms with Crippen LogP contribution in [0.1, 0.15) is 20.7 Å². The van der Waals surface area contributed by atoms with Gasteiger partial charge < -0.3 is 4.90 Å². The maximum absolute atomic E-state index is 13.7. The quantitative estimate of drug-likeness (QED) is 0.312. The average Bonchev–Trinajstić information content (AvgIpc) is 3.09. The number of Topliss-reactive ketones (excluding diaryl/α,β-unsaturated/α-hetero) is 1. The van der Waals surface area contributed by atoms with Gasteiger partial charge in [-0.25, -0.2) is 0 Å². The Morgan fingerprint density at radius 3 is 2.19 bits per heavy atom. The Bertz CT molecular complexity index is 1280. The average molecular weight is 496 g/mol. The summed E-state index contributed by atoms with van der Waals surface area (Å²) in [5.74, 6) is -0.293. The van der Waals surface area contributed by atoms with E-state index < -0.39 is 0 Å². The topological polar surface area (TPSA) is 42.3 Å². The van der Waals surface area contributed by atoms with Gasteiger partial charge in [0, 0.05) is 20.4 Å². The van der Waals surface area contributed by atoms with Gasteiger partial charge in [-0.05, 0) is 59.9 Å². The number of benzene rings is 3. The molecule has 0 spiro atoms. The van der Waals surface area contributed by atoms with Crippen molar-refractivity contribution in [3.05, 3.63) is 93.4 Å². The largest absolute Gasteiger partial charge is 0.302 e. The van der Waals surface area contributed by atoms with E-state index in [-0.39, 0.29) is 18.2 Å². The number of fused-ring (bicyclic) bond motifs is 1. The molecule has 0 aliphatic rings. The van der Waals surface area contributed by atoms with Crippen LogP contribution in [-0.2, 0) is 0 Å². The summed E-state index contributed by atoms with van der Waals surface area (Å²) in [7, 11) is 3.69. The number of hydrogen-bond acceptors (Lipinski definition) is 3. The molecule has 4 rings (SSSR count). The van der Waals surface area contributed by atoms with E-state index in [4.69, 9.17) is 11.6 Å². The van der Waals surface area contributed by atoms with Crippen LogP contribution in [-0.4, -0.2) is 41.8 Å². The van der Waals surface area contributed by atoms with Crippen molar-refractivity contribution >= 4 is 50.1 Å². The molecular formula is C25H20BrClN2O2. The summed E-state index contributed by atoms with van der Waals surface area (Å²) >= 11 is 9.94. The fraction of sp³-hybridized carbons (Fsp3) is 0.120. The number of carbonyl (C=O) groups excluding carboxylic acids is 2. The highest BCUT2D eigenvalue weighted by molar-refractivity contribution is 9.10. The fourth-order valence-electron chi connectivity index (χ4n) is 3.77. The lowest BCUT2D eigenvalue weighted by Crippen LogP contribution is -2.22. The van der Waals surface area contributed by atoms with Crippen LogP contribution in [0, 0.1) is 0 Å². The Balaban J connectivity index is 2.15. The summed E-state index contributed by atoms with van der Waals surface area (Å²) in [4.78, 5) is 29.0. The molecule has 6 heteroatoms. The zero-order valence-electron chi connectivity index (χ0n) is 17.1. The van der Waals surface area contributed by atoms with Crippen molar-refractivity contribution in [3.8, 4) is 11.3 Å². The first-order valence-corrected chi connectivity index (χ1v) is 10.9. The van der Waals surface area contributed by atoms with Crippen molar-refractivity contribution in [2.24, 2.45) is 0 Å². The number of nitrogens with zero attached hydrogens (tertiary/aromatic N) is 2. The van der Waals surface area contributed by atoms with E-state index in [1.54, 1.807) is 28.8 Å². The zero-order valence-corrected chi connectivity index (χ0v) is 19.4. The Morgan fingerprint density at radius 1 is 0.968 bits per heavy atom. The maximum Gasteiger partial charge on any atom is 0.262 e. The molecule has 4 aromatic rings. The highest BCUT2D eigenvalue weighted by Gasteiger charge is 2.29. The van der Waals surface area contributed by atoms with Crippen LogP contribution in [0.4, 0.5) is 0 Å². The Labute approximate surface area is 194 Å². The molecule has 0 amide bonds. The van der Waals surface area contributed by atoms with E-state index >= 15 is 0 Å². The Hall–Kier alpha value is -2.73. The fourth-order valence-corrected chi connectivity index (χ4v) is 4.75. The van der Waals surface area contributed by atoms with Crippen molar-refractivity contribution in [3.63, 3.8) is 0 Å². The summed E-state index contributed by atoms with van der Waals surface area (Å²) in [6.07, 6.45) is 0. The van der Waals surface area contributed by atoms with Crippen LogP contribution in [0.3, 0.4) is 0 Å². The van der Waals surface area contributed by atoms with Gasteiger partial charge in [0.25, 0.3) is 5.91 Å². The minimum atomic E-state index is -0.212. The number of rotatable bonds is 5. The van der Waals surface area contributed by atoms with Crippen LogP contribution in [0.2, 0.25) is 5.02 Å². The first kappa shape index (κ1) is 21.5. The molecule has 0 saturated carbocycles. The molecule has 31 heavy (non-hydrogen) atoms.